The quantitative estimate of drug-likeness (QED) is 0.600. The summed E-state index contributed by atoms with van der Waals surface area (Å²) in [6, 6.07) is 9.06. The van der Waals surface area contributed by atoms with E-state index < -0.39 is 23.5 Å². The Labute approximate surface area is 145 Å². The molecular formula is C18H19NO6. The smallest absolute Gasteiger partial charge is 0.337 e. The molecule has 1 aliphatic carbocycles. The zero-order valence-electron chi connectivity index (χ0n) is 14.3. The molecule has 0 unspecified atom stereocenters. The fourth-order valence-corrected chi connectivity index (χ4v) is 3.28. The molecule has 7 nitrogen and oxygen atoms in total. The Morgan fingerprint density at radius 1 is 1.12 bits per heavy atom. The first-order chi connectivity index (χ1) is 11.9. The molecule has 1 saturated heterocycles. The van der Waals surface area contributed by atoms with Crippen LogP contribution >= 0.6 is 0 Å². The first-order valence-electron chi connectivity index (χ1n) is 7.83. The number of hydrogen-bond acceptors (Lipinski definition) is 6. The monoisotopic (exact) mass is 345 g/mol. The zero-order chi connectivity index (χ0) is 18.2. The van der Waals surface area contributed by atoms with Gasteiger partial charge in [-0.2, -0.15) is 0 Å². The van der Waals surface area contributed by atoms with E-state index in [-0.39, 0.29) is 30.1 Å². The van der Waals surface area contributed by atoms with E-state index in [9.17, 15) is 14.4 Å². The Balaban J connectivity index is 2.00. The molecule has 1 aromatic carbocycles. The number of nitrogens with zero attached hydrogens (tertiary/aromatic N) is 1. The Hall–Kier alpha value is -2.67. The molecular weight excluding hydrogens is 326 g/mol. The second-order valence-corrected chi connectivity index (χ2v) is 6.04. The summed E-state index contributed by atoms with van der Waals surface area (Å²) in [5, 5.41) is 0. The van der Waals surface area contributed by atoms with Crippen LogP contribution in [0, 0.1) is 5.92 Å². The summed E-state index contributed by atoms with van der Waals surface area (Å²) in [7, 11) is 4.07. The summed E-state index contributed by atoms with van der Waals surface area (Å²) in [4.78, 5) is 39.0. The van der Waals surface area contributed by atoms with Crippen molar-refractivity contribution in [3.05, 3.63) is 41.5 Å². The molecule has 1 aromatic rings. The SMILES string of the molecule is COC(=O)C1=C(C(=O)OC)[C@]2(CO2)C[C@@H]1C(=O)N(C)c1ccccc1. The lowest BCUT2D eigenvalue weighted by atomic mass is 9.97. The van der Waals surface area contributed by atoms with Crippen molar-refractivity contribution in [1.29, 1.82) is 0 Å². The summed E-state index contributed by atoms with van der Waals surface area (Å²) >= 11 is 0. The minimum absolute atomic E-state index is 0.0274. The Morgan fingerprint density at radius 3 is 2.24 bits per heavy atom. The Morgan fingerprint density at radius 2 is 1.72 bits per heavy atom. The van der Waals surface area contributed by atoms with Gasteiger partial charge in [0.2, 0.25) is 5.91 Å². The average Bonchev–Trinajstić information content (AvgIpc) is 3.33. The second kappa shape index (κ2) is 6.33. The maximum Gasteiger partial charge on any atom is 0.337 e. The number of esters is 2. The normalized spacial score (nSPS) is 24.2. The number of para-hydroxylation sites is 1. The van der Waals surface area contributed by atoms with Crippen LogP contribution in [-0.4, -0.2) is 51.3 Å². The van der Waals surface area contributed by atoms with E-state index in [4.69, 9.17) is 14.2 Å². The number of epoxide rings is 1. The van der Waals surface area contributed by atoms with E-state index in [0.717, 1.165) is 0 Å². The molecule has 1 fully saturated rings. The lowest BCUT2D eigenvalue weighted by Gasteiger charge is -2.22. The van der Waals surface area contributed by atoms with Gasteiger partial charge in [-0.1, -0.05) is 18.2 Å². The van der Waals surface area contributed by atoms with E-state index in [2.05, 4.69) is 0 Å². The van der Waals surface area contributed by atoms with Gasteiger partial charge in [-0.15, -0.1) is 0 Å². The van der Waals surface area contributed by atoms with E-state index in [1.54, 1.807) is 19.2 Å². The number of amides is 1. The summed E-state index contributed by atoms with van der Waals surface area (Å²) in [5.41, 5.74) is -0.107. The Bertz CT molecular complexity index is 750. The molecule has 0 saturated carbocycles. The second-order valence-electron chi connectivity index (χ2n) is 6.04. The van der Waals surface area contributed by atoms with Crippen LogP contribution in [0.4, 0.5) is 5.69 Å². The minimum atomic E-state index is -0.922. The number of methoxy groups -OCH3 is 2. The molecule has 0 radical (unpaired) electrons. The molecule has 3 rings (SSSR count). The summed E-state index contributed by atoms with van der Waals surface area (Å²) in [6.07, 6.45) is 0.220. The predicted octanol–water partition coefficient (Wildman–Crippen LogP) is 1.08. The molecule has 1 heterocycles. The number of rotatable bonds is 4. The van der Waals surface area contributed by atoms with Gasteiger partial charge in [-0.25, -0.2) is 9.59 Å². The molecule has 2 aliphatic rings. The van der Waals surface area contributed by atoms with Crippen LogP contribution in [-0.2, 0) is 28.6 Å². The molecule has 0 N–H and O–H groups in total. The summed E-state index contributed by atoms with van der Waals surface area (Å²) in [5.74, 6) is -2.52. The molecule has 0 aromatic heterocycles. The lowest BCUT2D eigenvalue weighted by Crippen LogP contribution is -2.35. The minimum Gasteiger partial charge on any atom is -0.466 e. The molecule has 2 atom stereocenters. The fourth-order valence-electron chi connectivity index (χ4n) is 3.28. The maximum absolute atomic E-state index is 13.0. The van der Waals surface area contributed by atoms with Gasteiger partial charge in [0, 0.05) is 12.7 Å². The number of anilines is 1. The third-order valence-corrected chi connectivity index (χ3v) is 4.67. The van der Waals surface area contributed by atoms with Gasteiger partial charge >= 0.3 is 11.9 Å². The van der Waals surface area contributed by atoms with Crippen molar-refractivity contribution in [3.8, 4) is 0 Å². The molecule has 25 heavy (non-hydrogen) atoms. The van der Waals surface area contributed by atoms with Crippen LogP contribution in [0.15, 0.2) is 41.5 Å². The maximum atomic E-state index is 13.0. The van der Waals surface area contributed by atoms with Crippen molar-refractivity contribution in [3.63, 3.8) is 0 Å². The highest BCUT2D eigenvalue weighted by Crippen LogP contribution is 2.51. The van der Waals surface area contributed by atoms with Crippen molar-refractivity contribution >= 4 is 23.5 Å². The van der Waals surface area contributed by atoms with Crippen molar-refractivity contribution in [2.24, 2.45) is 5.92 Å². The van der Waals surface area contributed by atoms with E-state index in [1.165, 1.54) is 19.1 Å². The standard InChI is InChI=1S/C18H19NO6/c1-19(11-7-5-4-6-8-11)15(20)12-9-18(10-25-18)14(17(22)24-3)13(12)16(21)23-2/h4-8,12H,9-10H2,1-3H3/t12-,18+/m0/s1. The van der Waals surface area contributed by atoms with Gasteiger partial charge in [-0.3, -0.25) is 4.79 Å². The van der Waals surface area contributed by atoms with Gasteiger partial charge in [-0.05, 0) is 18.6 Å². The summed E-state index contributed by atoms with van der Waals surface area (Å²) in [6.45, 7) is 0.275. The van der Waals surface area contributed by atoms with Crippen LogP contribution in [0.25, 0.3) is 0 Å². The van der Waals surface area contributed by atoms with Gasteiger partial charge < -0.3 is 19.1 Å². The average molecular weight is 345 g/mol. The van der Waals surface area contributed by atoms with Crippen molar-refractivity contribution in [2.75, 3.05) is 32.8 Å². The molecule has 1 aliphatic heterocycles. The van der Waals surface area contributed by atoms with Gasteiger partial charge in [0.05, 0.1) is 37.9 Å². The largest absolute Gasteiger partial charge is 0.466 e. The highest BCUT2D eigenvalue weighted by molar-refractivity contribution is 6.10. The highest BCUT2D eigenvalue weighted by Gasteiger charge is 2.62. The van der Waals surface area contributed by atoms with Crippen LogP contribution in [0.5, 0.6) is 0 Å². The molecule has 0 bridgehead atoms. The van der Waals surface area contributed by atoms with Crippen LogP contribution in [0.2, 0.25) is 0 Å². The number of carbonyl (C=O) groups excluding carboxylic acids is 3. The lowest BCUT2D eigenvalue weighted by molar-refractivity contribution is -0.140. The van der Waals surface area contributed by atoms with Crippen molar-refractivity contribution in [1.82, 2.24) is 0 Å². The molecule has 1 amide bonds. The summed E-state index contributed by atoms with van der Waals surface area (Å²) < 4.78 is 15.1. The van der Waals surface area contributed by atoms with Crippen molar-refractivity contribution in [2.45, 2.75) is 12.0 Å². The molecule has 7 heteroatoms. The van der Waals surface area contributed by atoms with Gasteiger partial charge in [0.1, 0.15) is 5.60 Å². The third kappa shape index (κ3) is 2.80. The highest BCUT2D eigenvalue weighted by atomic mass is 16.6. The van der Waals surface area contributed by atoms with E-state index in [1.807, 2.05) is 18.2 Å². The number of carbonyl (C=O) groups is 3. The Kier molecular flexibility index (Phi) is 4.34. The molecule has 1 spiro atoms. The number of hydrogen-bond donors (Lipinski definition) is 0. The first kappa shape index (κ1) is 17.2. The number of ether oxygens (including phenoxy) is 3. The van der Waals surface area contributed by atoms with Gasteiger partial charge in [0.25, 0.3) is 0 Å². The first-order valence-corrected chi connectivity index (χ1v) is 7.83. The fraction of sp³-hybridized carbons (Fsp3) is 0.389. The van der Waals surface area contributed by atoms with E-state index >= 15 is 0 Å². The van der Waals surface area contributed by atoms with Crippen LogP contribution < -0.4 is 4.90 Å². The zero-order valence-corrected chi connectivity index (χ0v) is 14.3. The van der Waals surface area contributed by atoms with Crippen LogP contribution in [0.1, 0.15) is 6.42 Å². The van der Waals surface area contributed by atoms with Gasteiger partial charge in [0.15, 0.2) is 0 Å². The number of benzene rings is 1. The predicted molar refractivity (Wildman–Crippen MR) is 87.7 cm³/mol. The topological polar surface area (TPSA) is 85.4 Å². The third-order valence-electron chi connectivity index (χ3n) is 4.67. The van der Waals surface area contributed by atoms with Crippen LogP contribution in [0.3, 0.4) is 0 Å². The van der Waals surface area contributed by atoms with Crippen molar-refractivity contribution < 1.29 is 28.6 Å². The van der Waals surface area contributed by atoms with E-state index in [0.29, 0.717) is 5.69 Å². The molecule has 132 valence electrons.